The van der Waals surface area contributed by atoms with Crippen LogP contribution in [-0.2, 0) is 10.0 Å². The molecule has 1 rings (SSSR count). The summed E-state index contributed by atoms with van der Waals surface area (Å²) >= 11 is 0. The molecule has 0 radical (unpaired) electrons. The van der Waals surface area contributed by atoms with Crippen molar-refractivity contribution in [1.82, 2.24) is 4.72 Å². The number of hydrogen-bond acceptors (Lipinski definition) is 4. The third kappa shape index (κ3) is 3.22. The zero-order chi connectivity index (χ0) is 14.8. The topological polar surface area (TPSA) is 79.2 Å². The molecule has 0 unspecified atom stereocenters. The van der Waals surface area contributed by atoms with Gasteiger partial charge in [0.05, 0.1) is 18.1 Å². The van der Waals surface area contributed by atoms with E-state index in [1.807, 2.05) is 6.07 Å². The zero-order valence-corrected chi connectivity index (χ0v) is 11.9. The molecule has 0 aromatic heterocycles. The molecule has 1 N–H and O–H groups in total. The second kappa shape index (κ2) is 5.15. The van der Waals surface area contributed by atoms with Crippen molar-refractivity contribution in [2.75, 3.05) is 7.11 Å². The summed E-state index contributed by atoms with van der Waals surface area (Å²) in [6.45, 7) is 4.17. The molecule has 0 atom stereocenters. The molecule has 7 heteroatoms. The van der Waals surface area contributed by atoms with E-state index in [0.29, 0.717) is 0 Å². The van der Waals surface area contributed by atoms with E-state index in [4.69, 9.17) is 10.00 Å². The summed E-state index contributed by atoms with van der Waals surface area (Å²) in [5.74, 6) is -0.767. The van der Waals surface area contributed by atoms with E-state index in [2.05, 4.69) is 4.72 Å². The number of methoxy groups -OCH3 is 1. The Morgan fingerprint density at radius 2 is 2.00 bits per heavy atom. The molecule has 0 saturated heterocycles. The monoisotopic (exact) mass is 286 g/mol. The van der Waals surface area contributed by atoms with Gasteiger partial charge in [0, 0.05) is 5.56 Å². The fourth-order valence-electron chi connectivity index (χ4n) is 1.50. The van der Waals surface area contributed by atoms with E-state index >= 15 is 0 Å². The summed E-state index contributed by atoms with van der Waals surface area (Å²) in [4.78, 5) is -0.214. The van der Waals surface area contributed by atoms with Gasteiger partial charge in [0.2, 0.25) is 10.0 Å². The highest BCUT2D eigenvalue weighted by Gasteiger charge is 2.28. The average molecular weight is 286 g/mol. The van der Waals surface area contributed by atoms with Crippen LogP contribution in [0.15, 0.2) is 17.0 Å². The highest BCUT2D eigenvalue weighted by atomic mass is 32.2. The minimum Gasteiger partial charge on any atom is -0.494 e. The minimum atomic E-state index is -3.98. The summed E-state index contributed by atoms with van der Waals surface area (Å²) in [7, 11) is -2.68. The quantitative estimate of drug-likeness (QED) is 0.914. The van der Waals surface area contributed by atoms with Gasteiger partial charge in [-0.25, -0.2) is 12.8 Å². The predicted octanol–water partition coefficient (Wildman–Crippen LogP) is 1.72. The fourth-order valence-corrected chi connectivity index (χ4v) is 3.07. The van der Waals surface area contributed by atoms with Gasteiger partial charge in [0.1, 0.15) is 5.54 Å². The van der Waals surface area contributed by atoms with Gasteiger partial charge in [-0.1, -0.05) is 0 Å². The van der Waals surface area contributed by atoms with Crippen LogP contribution in [0.4, 0.5) is 4.39 Å². The van der Waals surface area contributed by atoms with Gasteiger partial charge in [0.15, 0.2) is 11.6 Å². The van der Waals surface area contributed by atoms with Crippen LogP contribution in [0.25, 0.3) is 0 Å². The maximum Gasteiger partial charge on any atom is 0.242 e. The van der Waals surface area contributed by atoms with E-state index in [0.717, 1.165) is 0 Å². The largest absolute Gasteiger partial charge is 0.494 e. The van der Waals surface area contributed by atoms with Gasteiger partial charge < -0.3 is 4.74 Å². The van der Waals surface area contributed by atoms with Crippen molar-refractivity contribution in [3.8, 4) is 11.8 Å². The lowest BCUT2D eigenvalue weighted by Gasteiger charge is -2.19. The van der Waals surface area contributed by atoms with Crippen LogP contribution in [0, 0.1) is 24.1 Å². The first-order valence-corrected chi connectivity index (χ1v) is 6.91. The number of hydrogen-bond donors (Lipinski definition) is 1. The zero-order valence-electron chi connectivity index (χ0n) is 11.1. The van der Waals surface area contributed by atoms with Crippen molar-refractivity contribution in [2.24, 2.45) is 0 Å². The summed E-state index contributed by atoms with van der Waals surface area (Å²) in [6, 6.07) is 4.29. The fraction of sp³-hybridized carbons (Fsp3) is 0.417. The van der Waals surface area contributed by atoms with Crippen molar-refractivity contribution >= 4 is 10.0 Å². The molecular weight excluding hydrogens is 271 g/mol. The molecule has 0 spiro atoms. The van der Waals surface area contributed by atoms with Crippen LogP contribution in [0.1, 0.15) is 19.4 Å². The first-order valence-electron chi connectivity index (χ1n) is 5.43. The molecule has 1 aromatic rings. The number of nitriles is 1. The average Bonchev–Trinajstić information content (AvgIpc) is 2.31. The van der Waals surface area contributed by atoms with E-state index in [1.165, 1.54) is 40.0 Å². The normalized spacial score (nSPS) is 12.0. The number of nitrogens with zero attached hydrogens (tertiary/aromatic N) is 1. The molecule has 0 aliphatic carbocycles. The number of benzene rings is 1. The smallest absolute Gasteiger partial charge is 0.242 e. The van der Waals surface area contributed by atoms with Crippen molar-refractivity contribution in [2.45, 2.75) is 31.2 Å². The first kappa shape index (κ1) is 15.4. The molecule has 5 nitrogen and oxygen atoms in total. The van der Waals surface area contributed by atoms with Gasteiger partial charge in [-0.15, -0.1) is 0 Å². The van der Waals surface area contributed by atoms with E-state index in [9.17, 15) is 12.8 Å². The molecule has 0 fully saturated rings. The molecule has 0 heterocycles. The van der Waals surface area contributed by atoms with Gasteiger partial charge >= 0.3 is 0 Å². The van der Waals surface area contributed by atoms with E-state index < -0.39 is 21.4 Å². The first-order chi connectivity index (χ1) is 8.64. The van der Waals surface area contributed by atoms with Crippen molar-refractivity contribution in [3.05, 3.63) is 23.5 Å². The minimum absolute atomic E-state index is 0.0315. The molecule has 0 saturated carbocycles. The number of sulfonamides is 1. The summed E-state index contributed by atoms with van der Waals surface area (Å²) in [5, 5.41) is 8.84. The SMILES string of the molecule is COc1ccc(S(=O)(=O)NC(C)(C)C#N)c(C)c1F. The molecule has 0 aliphatic rings. The van der Waals surface area contributed by atoms with E-state index in [-0.39, 0.29) is 16.2 Å². The summed E-state index contributed by atoms with van der Waals surface area (Å²) in [6.07, 6.45) is 0. The highest BCUT2D eigenvalue weighted by Crippen LogP contribution is 2.26. The Bertz CT molecular complexity index is 633. The lowest BCUT2D eigenvalue weighted by atomic mass is 10.1. The molecule has 0 amide bonds. The molecule has 104 valence electrons. The third-order valence-corrected chi connectivity index (χ3v) is 4.28. The second-order valence-electron chi connectivity index (χ2n) is 4.55. The van der Waals surface area contributed by atoms with Crippen molar-refractivity contribution < 1.29 is 17.5 Å². The van der Waals surface area contributed by atoms with Crippen LogP contribution >= 0.6 is 0 Å². The molecule has 0 aliphatic heterocycles. The van der Waals surface area contributed by atoms with Gasteiger partial charge in [-0.05, 0) is 32.9 Å². The third-order valence-electron chi connectivity index (χ3n) is 2.48. The Labute approximate surface area is 112 Å². The van der Waals surface area contributed by atoms with Crippen molar-refractivity contribution in [1.29, 1.82) is 5.26 Å². The Balaban J connectivity index is 3.32. The maximum atomic E-state index is 13.8. The number of halogens is 1. The van der Waals surface area contributed by atoms with Crippen LogP contribution in [0.5, 0.6) is 5.75 Å². The summed E-state index contributed by atoms with van der Waals surface area (Å²) in [5.41, 5.74) is -1.33. The molecule has 1 aromatic carbocycles. The van der Waals surface area contributed by atoms with Gasteiger partial charge in [-0.2, -0.15) is 9.98 Å². The second-order valence-corrected chi connectivity index (χ2v) is 6.20. The van der Waals surface area contributed by atoms with Crippen molar-refractivity contribution in [3.63, 3.8) is 0 Å². The van der Waals surface area contributed by atoms with Crippen LogP contribution in [0.2, 0.25) is 0 Å². The molecular formula is C12H15FN2O3S. The Morgan fingerprint density at radius 1 is 1.42 bits per heavy atom. The summed E-state index contributed by atoms with van der Waals surface area (Å²) < 4.78 is 45.0. The Hall–Kier alpha value is -1.65. The van der Waals surface area contributed by atoms with Crippen LogP contribution in [-0.4, -0.2) is 21.1 Å². The molecule has 0 bridgehead atoms. The lowest BCUT2D eigenvalue weighted by molar-refractivity contribution is 0.384. The van der Waals surface area contributed by atoms with Crippen LogP contribution < -0.4 is 9.46 Å². The standard InChI is InChI=1S/C12H15FN2O3S/c1-8-10(6-5-9(18-4)11(8)13)19(16,17)15-12(2,3)7-14/h5-6,15H,1-4H3. The maximum absolute atomic E-state index is 13.8. The van der Waals surface area contributed by atoms with Gasteiger partial charge in [0.25, 0.3) is 0 Å². The van der Waals surface area contributed by atoms with E-state index in [1.54, 1.807) is 0 Å². The number of ether oxygens (including phenoxy) is 1. The van der Waals surface area contributed by atoms with Gasteiger partial charge in [-0.3, -0.25) is 0 Å². The highest BCUT2D eigenvalue weighted by molar-refractivity contribution is 7.89. The lowest BCUT2D eigenvalue weighted by Crippen LogP contribution is -2.42. The van der Waals surface area contributed by atoms with Crippen LogP contribution in [0.3, 0.4) is 0 Å². The number of nitrogens with one attached hydrogen (secondary N) is 1. The Morgan fingerprint density at radius 3 is 2.47 bits per heavy atom. The predicted molar refractivity (Wildman–Crippen MR) is 67.7 cm³/mol. The Kier molecular flexibility index (Phi) is 4.18. The number of rotatable bonds is 4. The molecule has 19 heavy (non-hydrogen) atoms.